The van der Waals surface area contributed by atoms with E-state index in [1.54, 1.807) is 42.6 Å². The Bertz CT molecular complexity index is 1190. The number of H-pyrrole nitrogens is 1. The highest BCUT2D eigenvalue weighted by molar-refractivity contribution is 6.30. The number of pyridine rings is 1. The highest BCUT2D eigenvalue weighted by Gasteiger charge is 2.16. The minimum atomic E-state index is -0.180. The molecule has 1 amide bonds. The van der Waals surface area contributed by atoms with Crippen molar-refractivity contribution in [1.29, 1.82) is 0 Å². The summed E-state index contributed by atoms with van der Waals surface area (Å²) in [5, 5.41) is 6.91. The zero-order valence-corrected chi connectivity index (χ0v) is 15.1. The smallest absolute Gasteiger partial charge is 0.280 e. The molecule has 0 aliphatic carbocycles. The maximum atomic E-state index is 12.9. The average molecular weight is 379 g/mol. The van der Waals surface area contributed by atoms with Crippen molar-refractivity contribution in [2.45, 2.75) is 6.92 Å². The fourth-order valence-electron chi connectivity index (χ4n) is 3.09. The molecule has 2 aromatic carbocycles. The third kappa shape index (κ3) is 3.00. The molecule has 0 aliphatic rings. The molecule has 0 spiro atoms. The fraction of sp³-hybridized carbons (Fsp3) is 0.0500. The summed E-state index contributed by atoms with van der Waals surface area (Å²) in [6.07, 6.45) is 2.22. The Labute approximate surface area is 159 Å². The van der Waals surface area contributed by atoms with Crippen LogP contribution in [0.25, 0.3) is 27.7 Å². The lowest BCUT2D eigenvalue weighted by atomic mass is 10.0. The number of nitrogens with zero attached hydrogens (tertiary/aromatic N) is 2. The molecule has 2 heterocycles. The average Bonchev–Trinajstić information content (AvgIpc) is 3.00. The molecular weight excluding hydrogens is 364 g/mol. The van der Waals surface area contributed by atoms with Crippen molar-refractivity contribution in [1.82, 2.24) is 14.8 Å². The molecule has 0 radical (unpaired) electrons. The van der Waals surface area contributed by atoms with Gasteiger partial charge in [0.1, 0.15) is 0 Å². The molecule has 0 unspecified atom stereocenters. The fourth-order valence-corrected chi connectivity index (χ4v) is 3.22. The molecule has 0 aliphatic heterocycles. The lowest BCUT2D eigenvalue weighted by Crippen LogP contribution is -2.14. The highest BCUT2D eigenvalue weighted by Crippen LogP contribution is 2.29. The first-order chi connectivity index (χ1) is 13.1. The van der Waals surface area contributed by atoms with Crippen LogP contribution in [0, 0.1) is 6.92 Å². The molecule has 7 heteroatoms. The number of carbonyl (C=O) groups excluding carboxylic acids is 1. The van der Waals surface area contributed by atoms with E-state index in [4.69, 9.17) is 11.6 Å². The Morgan fingerprint density at radius 3 is 2.48 bits per heavy atom. The summed E-state index contributed by atoms with van der Waals surface area (Å²) in [6.45, 7) is 1.89. The van der Waals surface area contributed by atoms with Crippen LogP contribution >= 0.6 is 11.6 Å². The zero-order chi connectivity index (χ0) is 19.0. The Balaban J connectivity index is 1.92. The number of aromatic amines is 1. The SMILES string of the molecule is Cc1ncc2c(=O)n(-c3ccc(Cl)cc3)[nH]c2c1-c1ccc(NC=O)cc1. The van der Waals surface area contributed by atoms with Gasteiger partial charge in [-0.15, -0.1) is 0 Å². The molecule has 2 aromatic heterocycles. The lowest BCUT2D eigenvalue weighted by Gasteiger charge is -2.08. The van der Waals surface area contributed by atoms with Crippen LogP contribution in [0.5, 0.6) is 0 Å². The molecule has 0 bridgehead atoms. The molecule has 6 nitrogen and oxygen atoms in total. The van der Waals surface area contributed by atoms with Gasteiger partial charge in [-0.25, -0.2) is 4.68 Å². The predicted octanol–water partition coefficient (Wildman–Crippen LogP) is 3.91. The molecule has 0 saturated heterocycles. The summed E-state index contributed by atoms with van der Waals surface area (Å²) in [4.78, 5) is 27.8. The van der Waals surface area contributed by atoms with Crippen molar-refractivity contribution >= 4 is 34.6 Å². The highest BCUT2D eigenvalue weighted by atomic mass is 35.5. The standard InChI is InChI=1S/C20H15ClN4O2/c1-12-18(13-2-6-15(7-3-13)23-11-26)19-17(10-22-12)20(27)25(24-19)16-8-4-14(21)5-9-16/h2-11,24H,1H3,(H,23,26). The number of hydrogen-bond acceptors (Lipinski definition) is 3. The van der Waals surface area contributed by atoms with Crippen LogP contribution in [0.15, 0.2) is 59.5 Å². The summed E-state index contributed by atoms with van der Waals surface area (Å²) >= 11 is 5.94. The summed E-state index contributed by atoms with van der Waals surface area (Å²) < 4.78 is 1.48. The third-order valence-corrected chi connectivity index (χ3v) is 4.66. The van der Waals surface area contributed by atoms with Crippen LogP contribution in [-0.4, -0.2) is 21.2 Å². The number of amides is 1. The molecule has 2 N–H and O–H groups in total. The number of rotatable bonds is 4. The molecule has 0 fully saturated rings. The van der Waals surface area contributed by atoms with Crippen LogP contribution in [0.4, 0.5) is 5.69 Å². The second-order valence-corrected chi connectivity index (χ2v) is 6.51. The summed E-state index contributed by atoms with van der Waals surface area (Å²) in [5.74, 6) is 0. The van der Waals surface area contributed by atoms with Crippen LogP contribution in [0.2, 0.25) is 5.02 Å². The first kappa shape index (κ1) is 17.1. The summed E-state index contributed by atoms with van der Waals surface area (Å²) in [6, 6.07) is 14.4. The molecule has 4 rings (SSSR count). The van der Waals surface area contributed by atoms with Gasteiger partial charge in [-0.2, -0.15) is 0 Å². The van der Waals surface area contributed by atoms with Crippen LogP contribution in [-0.2, 0) is 4.79 Å². The van der Waals surface area contributed by atoms with Crippen molar-refractivity contribution in [3.63, 3.8) is 0 Å². The van der Waals surface area contributed by atoms with E-state index in [0.717, 1.165) is 16.8 Å². The monoisotopic (exact) mass is 378 g/mol. The first-order valence-electron chi connectivity index (χ1n) is 8.25. The Kier molecular flexibility index (Phi) is 4.25. The molecule has 0 saturated carbocycles. The number of fused-ring (bicyclic) bond motifs is 1. The normalized spacial score (nSPS) is 10.9. The van der Waals surface area contributed by atoms with E-state index in [2.05, 4.69) is 15.4 Å². The van der Waals surface area contributed by atoms with E-state index in [0.29, 0.717) is 33.7 Å². The molecule has 27 heavy (non-hydrogen) atoms. The Morgan fingerprint density at radius 1 is 1.11 bits per heavy atom. The lowest BCUT2D eigenvalue weighted by molar-refractivity contribution is -0.105. The molecule has 0 atom stereocenters. The van der Waals surface area contributed by atoms with Crippen molar-refractivity contribution in [2.24, 2.45) is 0 Å². The Hall–Kier alpha value is -3.38. The van der Waals surface area contributed by atoms with Gasteiger partial charge in [-0.3, -0.25) is 19.7 Å². The molecule has 134 valence electrons. The summed E-state index contributed by atoms with van der Waals surface area (Å²) in [5.41, 5.74) is 4.44. The van der Waals surface area contributed by atoms with Crippen LogP contribution in [0.1, 0.15) is 5.69 Å². The van der Waals surface area contributed by atoms with Gasteiger partial charge in [-0.1, -0.05) is 23.7 Å². The molecular formula is C20H15ClN4O2. The zero-order valence-electron chi connectivity index (χ0n) is 14.4. The van der Waals surface area contributed by atoms with Crippen molar-refractivity contribution in [2.75, 3.05) is 5.32 Å². The van der Waals surface area contributed by atoms with Crippen molar-refractivity contribution in [3.8, 4) is 16.8 Å². The van der Waals surface area contributed by atoms with E-state index in [1.165, 1.54) is 4.68 Å². The van der Waals surface area contributed by atoms with E-state index >= 15 is 0 Å². The minimum absolute atomic E-state index is 0.180. The summed E-state index contributed by atoms with van der Waals surface area (Å²) in [7, 11) is 0. The number of halogens is 1. The second kappa shape index (κ2) is 6.74. The number of aryl methyl sites for hydroxylation is 1. The quantitative estimate of drug-likeness (QED) is 0.528. The van der Waals surface area contributed by atoms with Gasteiger partial charge in [0.15, 0.2) is 0 Å². The van der Waals surface area contributed by atoms with Gasteiger partial charge in [-0.05, 0) is 48.9 Å². The second-order valence-electron chi connectivity index (χ2n) is 6.08. The van der Waals surface area contributed by atoms with Gasteiger partial charge in [0.25, 0.3) is 5.56 Å². The van der Waals surface area contributed by atoms with E-state index < -0.39 is 0 Å². The maximum Gasteiger partial charge on any atom is 0.280 e. The van der Waals surface area contributed by atoms with Gasteiger partial charge < -0.3 is 5.32 Å². The molecule has 4 aromatic rings. The van der Waals surface area contributed by atoms with E-state index in [9.17, 15) is 9.59 Å². The largest absolute Gasteiger partial charge is 0.329 e. The van der Waals surface area contributed by atoms with Gasteiger partial charge in [0.2, 0.25) is 6.41 Å². The predicted molar refractivity (Wildman–Crippen MR) is 107 cm³/mol. The van der Waals surface area contributed by atoms with Gasteiger partial charge >= 0.3 is 0 Å². The third-order valence-electron chi connectivity index (χ3n) is 4.41. The van der Waals surface area contributed by atoms with Gasteiger partial charge in [0, 0.05) is 28.2 Å². The van der Waals surface area contributed by atoms with Crippen molar-refractivity contribution < 1.29 is 4.79 Å². The topological polar surface area (TPSA) is 79.8 Å². The van der Waals surface area contributed by atoms with E-state index in [-0.39, 0.29) is 5.56 Å². The maximum absolute atomic E-state index is 12.9. The van der Waals surface area contributed by atoms with E-state index in [1.807, 2.05) is 19.1 Å². The van der Waals surface area contributed by atoms with Gasteiger partial charge in [0.05, 0.1) is 16.6 Å². The van der Waals surface area contributed by atoms with Crippen LogP contribution in [0.3, 0.4) is 0 Å². The Morgan fingerprint density at radius 2 is 1.81 bits per heavy atom. The number of anilines is 1. The van der Waals surface area contributed by atoms with Crippen molar-refractivity contribution in [3.05, 3.63) is 75.8 Å². The van der Waals surface area contributed by atoms with Crippen LogP contribution < -0.4 is 10.9 Å². The first-order valence-corrected chi connectivity index (χ1v) is 8.63. The minimum Gasteiger partial charge on any atom is -0.329 e. The number of benzene rings is 2. The number of nitrogens with one attached hydrogen (secondary N) is 2. The number of aromatic nitrogens is 3. The number of hydrogen-bond donors (Lipinski definition) is 2. The number of carbonyl (C=O) groups is 1.